The molecule has 3 rings (SSSR count). The molecule has 0 radical (unpaired) electrons. The van der Waals surface area contributed by atoms with Gasteiger partial charge in [0, 0.05) is 24.7 Å². The van der Waals surface area contributed by atoms with Gasteiger partial charge in [-0.2, -0.15) is 0 Å². The van der Waals surface area contributed by atoms with E-state index in [1.807, 2.05) is 6.92 Å². The number of fused-ring (bicyclic) bond motifs is 2. The van der Waals surface area contributed by atoms with E-state index < -0.39 is 5.54 Å². The van der Waals surface area contributed by atoms with E-state index in [1.165, 1.54) is 18.4 Å². The largest absolute Gasteiger partial charge is 0.352 e. The van der Waals surface area contributed by atoms with Gasteiger partial charge in [-0.3, -0.25) is 9.69 Å². The maximum atomic E-state index is 12.5. The minimum atomic E-state index is -0.741. The van der Waals surface area contributed by atoms with Gasteiger partial charge in [0.2, 0.25) is 5.91 Å². The molecule has 0 spiro atoms. The van der Waals surface area contributed by atoms with Crippen molar-refractivity contribution in [1.29, 1.82) is 0 Å². The predicted molar refractivity (Wildman–Crippen MR) is 97.5 cm³/mol. The van der Waals surface area contributed by atoms with Crippen LogP contribution in [0.15, 0.2) is 30.3 Å². The van der Waals surface area contributed by atoms with Gasteiger partial charge in [-0.05, 0) is 44.6 Å². The fraction of sp³-hybridized carbons (Fsp3) is 0.650. The smallest absolute Gasteiger partial charge is 0.240 e. The Morgan fingerprint density at radius 3 is 2.46 bits per heavy atom. The zero-order valence-corrected chi connectivity index (χ0v) is 15.0. The van der Waals surface area contributed by atoms with Crippen molar-refractivity contribution in [2.24, 2.45) is 5.73 Å². The molecule has 2 bridgehead atoms. The molecule has 24 heavy (non-hydrogen) atoms. The van der Waals surface area contributed by atoms with Crippen LogP contribution < -0.4 is 11.1 Å². The Balaban J connectivity index is 1.58. The number of hydrogen-bond donors (Lipinski definition) is 2. The number of nitrogens with two attached hydrogens (primary N) is 1. The summed E-state index contributed by atoms with van der Waals surface area (Å²) in [5.74, 6) is 0.0188. The molecule has 0 aliphatic carbocycles. The summed E-state index contributed by atoms with van der Waals surface area (Å²) in [4.78, 5) is 15.1. The number of nitrogens with zero attached hydrogens (tertiary/aromatic N) is 1. The van der Waals surface area contributed by atoms with Gasteiger partial charge in [0.15, 0.2) is 0 Å². The van der Waals surface area contributed by atoms with Crippen molar-refractivity contribution in [2.75, 3.05) is 0 Å². The normalized spacial score (nSPS) is 29.2. The molecule has 1 amide bonds. The Morgan fingerprint density at radius 2 is 1.88 bits per heavy atom. The molecule has 2 saturated heterocycles. The minimum absolute atomic E-state index is 0.0188. The number of piperidine rings is 1. The summed E-state index contributed by atoms with van der Waals surface area (Å²) in [6, 6.07) is 12.2. The first kappa shape index (κ1) is 17.4. The van der Waals surface area contributed by atoms with Crippen molar-refractivity contribution in [3.8, 4) is 0 Å². The van der Waals surface area contributed by atoms with Crippen molar-refractivity contribution in [2.45, 2.75) is 82.6 Å². The first-order valence-corrected chi connectivity index (χ1v) is 9.39. The second kappa shape index (κ2) is 7.24. The molecule has 1 aromatic carbocycles. The van der Waals surface area contributed by atoms with Gasteiger partial charge in [0.1, 0.15) is 0 Å². The van der Waals surface area contributed by atoms with Crippen LogP contribution in [0.5, 0.6) is 0 Å². The lowest BCUT2D eigenvalue weighted by Crippen LogP contribution is -2.57. The van der Waals surface area contributed by atoms with Crippen LogP contribution in [0, 0.1) is 0 Å². The van der Waals surface area contributed by atoms with Crippen LogP contribution in [0.2, 0.25) is 0 Å². The van der Waals surface area contributed by atoms with Crippen molar-refractivity contribution < 1.29 is 4.79 Å². The number of carbonyl (C=O) groups excluding carboxylic acids is 1. The maximum Gasteiger partial charge on any atom is 0.240 e. The van der Waals surface area contributed by atoms with E-state index in [9.17, 15) is 4.79 Å². The maximum absolute atomic E-state index is 12.5. The van der Waals surface area contributed by atoms with E-state index in [0.29, 0.717) is 12.1 Å². The van der Waals surface area contributed by atoms with Crippen molar-refractivity contribution in [1.82, 2.24) is 10.2 Å². The molecule has 3 unspecified atom stereocenters. The molecule has 2 aliphatic heterocycles. The molecule has 4 heteroatoms. The van der Waals surface area contributed by atoms with Crippen LogP contribution in [0.4, 0.5) is 0 Å². The van der Waals surface area contributed by atoms with Gasteiger partial charge in [0.25, 0.3) is 0 Å². The Hall–Kier alpha value is -1.39. The number of rotatable bonds is 6. The molecule has 0 saturated carbocycles. The monoisotopic (exact) mass is 329 g/mol. The molecule has 3 N–H and O–H groups in total. The molecule has 0 aromatic heterocycles. The molecule has 3 atom stereocenters. The topological polar surface area (TPSA) is 58.4 Å². The third-order valence-corrected chi connectivity index (χ3v) is 5.72. The Kier molecular flexibility index (Phi) is 5.26. The Bertz CT molecular complexity index is 543. The second-order valence-corrected chi connectivity index (χ2v) is 7.85. The molecule has 2 fully saturated rings. The van der Waals surface area contributed by atoms with Gasteiger partial charge in [0.05, 0.1) is 5.54 Å². The Labute approximate surface area is 145 Å². The summed E-state index contributed by atoms with van der Waals surface area (Å²) < 4.78 is 0. The molecular weight excluding hydrogens is 298 g/mol. The summed E-state index contributed by atoms with van der Waals surface area (Å²) >= 11 is 0. The van der Waals surface area contributed by atoms with E-state index in [0.717, 1.165) is 32.2 Å². The number of hydrogen-bond acceptors (Lipinski definition) is 3. The van der Waals surface area contributed by atoms with Crippen molar-refractivity contribution in [3.05, 3.63) is 35.9 Å². The summed E-state index contributed by atoms with van der Waals surface area (Å²) in [7, 11) is 0. The standard InChI is InChI=1S/C20H31N3O/c1-3-11-20(2,21)19(24)22-16-12-17-9-10-18(13-16)23(17)14-15-7-5-4-6-8-15/h4-8,16-18H,3,9-14,21H2,1-2H3,(H,22,24). The van der Waals surface area contributed by atoms with Gasteiger partial charge >= 0.3 is 0 Å². The van der Waals surface area contributed by atoms with E-state index in [1.54, 1.807) is 0 Å². The quantitative estimate of drug-likeness (QED) is 0.844. The highest BCUT2D eigenvalue weighted by molar-refractivity contribution is 5.85. The zero-order chi connectivity index (χ0) is 17.2. The highest BCUT2D eigenvalue weighted by Gasteiger charge is 2.41. The molecule has 4 nitrogen and oxygen atoms in total. The van der Waals surface area contributed by atoms with Crippen molar-refractivity contribution >= 4 is 5.91 Å². The van der Waals surface area contributed by atoms with E-state index in [4.69, 9.17) is 5.73 Å². The first-order chi connectivity index (χ1) is 11.5. The SMILES string of the molecule is CCCC(C)(N)C(=O)NC1CC2CCC(C1)N2Cc1ccccc1. The molecular formula is C20H31N3O. The first-order valence-electron chi connectivity index (χ1n) is 9.39. The summed E-state index contributed by atoms with van der Waals surface area (Å²) in [5.41, 5.74) is 6.82. The van der Waals surface area contributed by atoms with Crippen LogP contribution in [0.1, 0.15) is 57.9 Å². The van der Waals surface area contributed by atoms with Gasteiger partial charge in [-0.25, -0.2) is 0 Å². The van der Waals surface area contributed by atoms with Gasteiger partial charge in [-0.15, -0.1) is 0 Å². The van der Waals surface area contributed by atoms with E-state index in [2.05, 4.69) is 47.5 Å². The molecule has 2 heterocycles. The average Bonchev–Trinajstić information content (AvgIpc) is 2.78. The zero-order valence-electron chi connectivity index (χ0n) is 15.0. The minimum Gasteiger partial charge on any atom is -0.352 e. The van der Waals surface area contributed by atoms with Crippen LogP contribution in [-0.2, 0) is 11.3 Å². The summed E-state index contributed by atoms with van der Waals surface area (Å²) in [6.45, 7) is 4.95. The number of amides is 1. The molecule has 132 valence electrons. The lowest BCUT2D eigenvalue weighted by atomic mass is 9.93. The lowest BCUT2D eigenvalue weighted by molar-refractivity contribution is -0.127. The number of nitrogens with one attached hydrogen (secondary N) is 1. The van der Waals surface area contributed by atoms with Crippen LogP contribution in [0.3, 0.4) is 0 Å². The third-order valence-electron chi connectivity index (χ3n) is 5.72. The van der Waals surface area contributed by atoms with Gasteiger partial charge < -0.3 is 11.1 Å². The Morgan fingerprint density at radius 1 is 1.25 bits per heavy atom. The number of benzene rings is 1. The second-order valence-electron chi connectivity index (χ2n) is 7.85. The number of carbonyl (C=O) groups is 1. The summed E-state index contributed by atoms with van der Waals surface area (Å²) in [6.07, 6.45) is 6.27. The summed E-state index contributed by atoms with van der Waals surface area (Å²) in [5, 5.41) is 3.24. The lowest BCUT2D eigenvalue weighted by Gasteiger charge is -2.40. The average molecular weight is 329 g/mol. The van der Waals surface area contributed by atoms with Crippen LogP contribution in [0.25, 0.3) is 0 Å². The fourth-order valence-corrected chi connectivity index (χ4v) is 4.43. The fourth-order valence-electron chi connectivity index (χ4n) is 4.43. The predicted octanol–water partition coefficient (Wildman–Crippen LogP) is 2.82. The van der Waals surface area contributed by atoms with Crippen molar-refractivity contribution in [3.63, 3.8) is 0 Å². The van der Waals surface area contributed by atoms with Crippen LogP contribution >= 0.6 is 0 Å². The third kappa shape index (κ3) is 3.81. The molecule has 1 aromatic rings. The van der Waals surface area contributed by atoms with Crippen LogP contribution in [-0.4, -0.2) is 34.5 Å². The molecule has 2 aliphatic rings. The highest BCUT2D eigenvalue weighted by Crippen LogP contribution is 2.37. The van der Waals surface area contributed by atoms with Gasteiger partial charge in [-0.1, -0.05) is 43.7 Å². The van der Waals surface area contributed by atoms with E-state index >= 15 is 0 Å². The highest BCUT2D eigenvalue weighted by atomic mass is 16.2. The van der Waals surface area contributed by atoms with E-state index in [-0.39, 0.29) is 11.9 Å².